The Morgan fingerprint density at radius 2 is 1.97 bits per heavy atom. The molecule has 2 aromatic carbocycles. The van der Waals surface area contributed by atoms with E-state index in [4.69, 9.17) is 0 Å². The summed E-state index contributed by atoms with van der Waals surface area (Å²) in [6.07, 6.45) is 2.73. The Morgan fingerprint density at radius 1 is 1.13 bits per heavy atom. The highest BCUT2D eigenvalue weighted by atomic mass is 32.2. The number of carbonyl (C=O) groups excluding carboxylic acids is 1. The fourth-order valence-electron chi connectivity index (χ4n) is 3.86. The molecule has 2 aromatic heterocycles. The first-order valence-corrected chi connectivity index (χ1v) is 10.8. The molecular formula is C22H17N5O3S. The van der Waals surface area contributed by atoms with Crippen LogP contribution < -0.4 is 0 Å². The molecule has 2 heterocycles. The number of nitrogens with zero attached hydrogens (tertiary/aromatic N) is 5. The number of nitro groups is 1. The molecule has 0 radical (unpaired) electrons. The van der Waals surface area contributed by atoms with Gasteiger partial charge in [-0.05, 0) is 23.5 Å². The Morgan fingerprint density at radius 3 is 2.77 bits per heavy atom. The topological polar surface area (TPSA) is 103 Å². The van der Waals surface area contributed by atoms with Crippen LogP contribution in [0.2, 0.25) is 0 Å². The molecule has 5 rings (SSSR count). The quantitative estimate of drug-likeness (QED) is 0.264. The standard InChI is InChI=1S/C22H17N5O3S/c28-20-11-16(15-6-2-1-3-7-15)10-19-18(20)12-23-21-24-22(25-26(19)21)31-13-14-5-4-8-17(9-14)27(29)30/h1-9,12,16H,10-11,13H2. The molecule has 1 aliphatic rings. The Balaban J connectivity index is 1.43. The molecule has 1 atom stereocenters. The van der Waals surface area contributed by atoms with Crippen LogP contribution in [0.4, 0.5) is 5.69 Å². The van der Waals surface area contributed by atoms with Crippen molar-refractivity contribution in [2.45, 2.75) is 29.7 Å². The van der Waals surface area contributed by atoms with Crippen LogP contribution in [0.15, 0.2) is 66.0 Å². The zero-order chi connectivity index (χ0) is 21.4. The van der Waals surface area contributed by atoms with E-state index in [-0.39, 0.29) is 17.4 Å². The summed E-state index contributed by atoms with van der Waals surface area (Å²) in [6.45, 7) is 0. The second-order valence-corrected chi connectivity index (χ2v) is 8.32. The minimum Gasteiger partial charge on any atom is -0.294 e. The average Bonchev–Trinajstić information content (AvgIpc) is 3.22. The van der Waals surface area contributed by atoms with Crippen LogP contribution in [0.3, 0.4) is 0 Å². The zero-order valence-electron chi connectivity index (χ0n) is 16.3. The summed E-state index contributed by atoms with van der Waals surface area (Å²) in [6, 6.07) is 16.5. The lowest BCUT2D eigenvalue weighted by molar-refractivity contribution is -0.384. The molecule has 31 heavy (non-hydrogen) atoms. The minimum atomic E-state index is -0.409. The highest BCUT2D eigenvalue weighted by molar-refractivity contribution is 7.98. The molecule has 8 nitrogen and oxygen atoms in total. The Hall–Kier alpha value is -3.59. The number of thioether (sulfide) groups is 1. The van der Waals surface area contributed by atoms with Gasteiger partial charge in [-0.15, -0.1) is 5.10 Å². The van der Waals surface area contributed by atoms with Crippen molar-refractivity contribution in [3.63, 3.8) is 0 Å². The first-order chi connectivity index (χ1) is 15.1. The molecule has 154 valence electrons. The predicted octanol–water partition coefficient (Wildman–Crippen LogP) is 4.24. The average molecular weight is 431 g/mol. The molecule has 0 amide bonds. The second kappa shape index (κ2) is 7.92. The second-order valence-electron chi connectivity index (χ2n) is 7.38. The van der Waals surface area contributed by atoms with Gasteiger partial charge in [-0.25, -0.2) is 4.98 Å². The van der Waals surface area contributed by atoms with Gasteiger partial charge in [-0.1, -0.05) is 54.2 Å². The van der Waals surface area contributed by atoms with Crippen molar-refractivity contribution in [3.05, 3.63) is 93.3 Å². The molecule has 1 unspecified atom stereocenters. The number of fused-ring (bicyclic) bond motifs is 3. The minimum absolute atomic E-state index is 0.0577. The van der Waals surface area contributed by atoms with Crippen molar-refractivity contribution >= 4 is 29.0 Å². The van der Waals surface area contributed by atoms with Crippen molar-refractivity contribution in [1.82, 2.24) is 19.6 Å². The van der Waals surface area contributed by atoms with Crippen LogP contribution in [0.25, 0.3) is 5.78 Å². The summed E-state index contributed by atoms with van der Waals surface area (Å²) in [5.41, 5.74) is 3.42. The van der Waals surface area contributed by atoms with E-state index in [1.165, 1.54) is 17.8 Å². The van der Waals surface area contributed by atoms with E-state index in [0.717, 1.165) is 16.8 Å². The summed E-state index contributed by atoms with van der Waals surface area (Å²) >= 11 is 1.38. The number of nitro benzene ring substituents is 1. The van der Waals surface area contributed by atoms with E-state index in [1.54, 1.807) is 22.8 Å². The summed E-state index contributed by atoms with van der Waals surface area (Å²) in [4.78, 5) is 32.1. The maximum absolute atomic E-state index is 12.8. The molecule has 4 aromatic rings. The largest absolute Gasteiger partial charge is 0.294 e. The smallest absolute Gasteiger partial charge is 0.269 e. The van der Waals surface area contributed by atoms with Gasteiger partial charge in [0, 0.05) is 30.5 Å². The SMILES string of the molecule is O=C1CC(c2ccccc2)Cc2c1cnc1nc(SCc3cccc([N+](=O)[O-])c3)nn21. The van der Waals surface area contributed by atoms with Crippen LogP contribution in [0.1, 0.15) is 39.5 Å². The summed E-state index contributed by atoms with van der Waals surface area (Å²) in [7, 11) is 0. The van der Waals surface area contributed by atoms with Gasteiger partial charge in [-0.2, -0.15) is 9.50 Å². The normalized spacial score (nSPS) is 15.7. The number of hydrogen-bond acceptors (Lipinski definition) is 7. The van der Waals surface area contributed by atoms with Crippen LogP contribution in [0.5, 0.6) is 0 Å². The third-order valence-corrected chi connectivity index (χ3v) is 6.29. The molecule has 0 saturated heterocycles. The first-order valence-electron chi connectivity index (χ1n) is 9.77. The van der Waals surface area contributed by atoms with Gasteiger partial charge in [0.25, 0.3) is 11.5 Å². The highest BCUT2D eigenvalue weighted by Gasteiger charge is 2.29. The fraction of sp³-hybridized carbons (Fsp3) is 0.182. The Kier molecular flexibility index (Phi) is 4.95. The van der Waals surface area contributed by atoms with Gasteiger partial charge >= 0.3 is 0 Å². The van der Waals surface area contributed by atoms with E-state index >= 15 is 0 Å². The van der Waals surface area contributed by atoms with Gasteiger partial charge in [0.15, 0.2) is 5.78 Å². The maximum atomic E-state index is 12.8. The molecule has 0 N–H and O–H groups in total. The molecule has 9 heteroatoms. The van der Waals surface area contributed by atoms with Crippen molar-refractivity contribution in [3.8, 4) is 0 Å². The van der Waals surface area contributed by atoms with Crippen LogP contribution in [-0.4, -0.2) is 30.3 Å². The molecule has 0 bridgehead atoms. The zero-order valence-corrected chi connectivity index (χ0v) is 17.2. The number of rotatable bonds is 5. The van der Waals surface area contributed by atoms with Crippen molar-refractivity contribution in [1.29, 1.82) is 0 Å². The van der Waals surface area contributed by atoms with Crippen molar-refractivity contribution < 1.29 is 9.72 Å². The number of non-ortho nitro benzene ring substituents is 1. The van der Waals surface area contributed by atoms with Gasteiger partial charge in [-0.3, -0.25) is 14.9 Å². The highest BCUT2D eigenvalue weighted by Crippen LogP contribution is 2.33. The monoisotopic (exact) mass is 431 g/mol. The van der Waals surface area contributed by atoms with Crippen molar-refractivity contribution in [2.75, 3.05) is 0 Å². The molecule has 1 aliphatic carbocycles. The number of benzene rings is 2. The summed E-state index contributed by atoms with van der Waals surface area (Å²) in [5, 5.41) is 16.1. The lowest BCUT2D eigenvalue weighted by Gasteiger charge is -2.23. The van der Waals surface area contributed by atoms with Gasteiger partial charge in [0.05, 0.1) is 16.2 Å². The maximum Gasteiger partial charge on any atom is 0.269 e. The first kappa shape index (κ1) is 19.4. The van der Waals surface area contributed by atoms with E-state index in [1.807, 2.05) is 36.4 Å². The molecule has 0 spiro atoms. The van der Waals surface area contributed by atoms with E-state index in [9.17, 15) is 14.9 Å². The summed E-state index contributed by atoms with van der Waals surface area (Å²) in [5.74, 6) is 1.09. The number of aromatic nitrogens is 4. The van der Waals surface area contributed by atoms with E-state index in [0.29, 0.717) is 35.1 Å². The van der Waals surface area contributed by atoms with Gasteiger partial charge in [0.1, 0.15) is 0 Å². The van der Waals surface area contributed by atoms with Crippen LogP contribution >= 0.6 is 11.8 Å². The predicted molar refractivity (Wildman–Crippen MR) is 115 cm³/mol. The molecule has 0 saturated carbocycles. The van der Waals surface area contributed by atoms with E-state index in [2.05, 4.69) is 15.1 Å². The number of Topliss-reactive ketones (excluding diaryl/α,β-unsaturated/α-hetero) is 1. The van der Waals surface area contributed by atoms with Gasteiger partial charge in [0.2, 0.25) is 5.16 Å². The number of carbonyl (C=O) groups is 1. The lowest BCUT2D eigenvalue weighted by atomic mass is 9.82. The summed E-state index contributed by atoms with van der Waals surface area (Å²) < 4.78 is 1.66. The van der Waals surface area contributed by atoms with Gasteiger partial charge < -0.3 is 0 Å². The van der Waals surface area contributed by atoms with E-state index < -0.39 is 4.92 Å². The number of hydrogen-bond donors (Lipinski definition) is 0. The fourth-order valence-corrected chi connectivity index (χ4v) is 4.62. The van der Waals surface area contributed by atoms with Crippen molar-refractivity contribution in [2.24, 2.45) is 0 Å². The molecule has 0 aliphatic heterocycles. The molecular weight excluding hydrogens is 414 g/mol. The third-order valence-electron chi connectivity index (χ3n) is 5.38. The Bertz CT molecular complexity index is 1310. The third kappa shape index (κ3) is 3.79. The number of ketones is 1. The lowest BCUT2D eigenvalue weighted by Crippen LogP contribution is -2.22. The van der Waals surface area contributed by atoms with Crippen LogP contribution in [-0.2, 0) is 12.2 Å². The van der Waals surface area contributed by atoms with Crippen LogP contribution in [0, 0.1) is 10.1 Å². The molecule has 0 fully saturated rings. The Labute approximate surface area is 181 Å².